The maximum absolute atomic E-state index is 6.56. The van der Waals surface area contributed by atoms with E-state index in [-0.39, 0.29) is 6.10 Å². The third-order valence-corrected chi connectivity index (χ3v) is 5.88. The molecule has 0 radical (unpaired) electrons. The lowest BCUT2D eigenvalue weighted by Gasteiger charge is -2.15. The molecule has 5 heteroatoms. The van der Waals surface area contributed by atoms with Crippen LogP contribution in [0.1, 0.15) is 50.7 Å². The minimum atomic E-state index is 0.0849. The Morgan fingerprint density at radius 2 is 1.80 bits per heavy atom. The van der Waals surface area contributed by atoms with Gasteiger partial charge in [-0.3, -0.25) is 4.98 Å². The third kappa shape index (κ3) is 4.24. The number of pyridine rings is 1. The van der Waals surface area contributed by atoms with Crippen LogP contribution in [0.15, 0.2) is 30.3 Å². The molecule has 0 saturated carbocycles. The first-order valence-electron chi connectivity index (χ1n) is 10.8. The predicted octanol–water partition coefficient (Wildman–Crippen LogP) is 6.64. The van der Waals surface area contributed by atoms with E-state index in [4.69, 9.17) is 21.3 Å². The molecule has 0 spiro atoms. The van der Waals surface area contributed by atoms with Crippen molar-refractivity contribution in [2.45, 2.75) is 66.5 Å². The number of hydrogen-bond donors (Lipinski definition) is 0. The predicted molar refractivity (Wildman–Crippen MR) is 123 cm³/mol. The molecule has 1 atom stereocenters. The van der Waals surface area contributed by atoms with Gasteiger partial charge in [-0.05, 0) is 83.2 Å². The zero-order valence-electron chi connectivity index (χ0n) is 18.5. The average molecular weight is 424 g/mol. The quantitative estimate of drug-likeness (QED) is 0.472. The second kappa shape index (κ2) is 8.43. The minimum absolute atomic E-state index is 0.0849. The first kappa shape index (κ1) is 20.9. The van der Waals surface area contributed by atoms with Crippen LogP contribution in [0.5, 0.6) is 5.75 Å². The lowest BCUT2D eigenvalue weighted by molar-refractivity contribution is 0.242. The van der Waals surface area contributed by atoms with Gasteiger partial charge in [-0.1, -0.05) is 18.5 Å². The van der Waals surface area contributed by atoms with Gasteiger partial charge in [-0.2, -0.15) is 0 Å². The molecular weight excluding hydrogens is 394 g/mol. The Morgan fingerprint density at radius 3 is 2.47 bits per heavy atom. The van der Waals surface area contributed by atoms with Crippen LogP contribution in [0.4, 0.5) is 0 Å². The average Bonchev–Trinajstić information content (AvgIpc) is 2.89. The summed E-state index contributed by atoms with van der Waals surface area (Å²) in [7, 11) is 0. The van der Waals surface area contributed by atoms with Gasteiger partial charge in [0.1, 0.15) is 11.6 Å². The Morgan fingerprint density at radius 1 is 1.07 bits per heavy atom. The Balaban J connectivity index is 1.86. The highest BCUT2D eigenvalue weighted by Crippen LogP contribution is 2.36. The highest BCUT2D eigenvalue weighted by molar-refractivity contribution is 6.32. The summed E-state index contributed by atoms with van der Waals surface area (Å²) in [5, 5.41) is 0.623. The van der Waals surface area contributed by atoms with Crippen LogP contribution in [0.25, 0.3) is 22.6 Å². The molecule has 3 heterocycles. The Hall–Kier alpha value is -2.33. The monoisotopic (exact) mass is 423 g/mol. The van der Waals surface area contributed by atoms with Gasteiger partial charge in [-0.25, -0.2) is 4.98 Å². The highest BCUT2D eigenvalue weighted by Gasteiger charge is 2.24. The van der Waals surface area contributed by atoms with E-state index in [9.17, 15) is 0 Å². The summed E-state index contributed by atoms with van der Waals surface area (Å²) in [4.78, 5) is 9.70. The van der Waals surface area contributed by atoms with Gasteiger partial charge >= 0.3 is 0 Å². The number of nitrogens with zero attached hydrogens (tertiary/aromatic N) is 3. The number of fused-ring (bicyclic) bond motifs is 1. The number of aromatic nitrogens is 3. The van der Waals surface area contributed by atoms with Crippen LogP contribution >= 0.6 is 11.6 Å². The van der Waals surface area contributed by atoms with Gasteiger partial charge in [0.15, 0.2) is 0 Å². The smallest absolute Gasteiger partial charge is 0.140 e. The van der Waals surface area contributed by atoms with Crippen molar-refractivity contribution in [3.05, 3.63) is 52.4 Å². The number of benzene rings is 1. The number of rotatable bonds is 4. The number of aryl methyl sites for hydroxylation is 2. The second-order valence-corrected chi connectivity index (χ2v) is 9.20. The molecule has 1 unspecified atom stereocenters. The van der Waals surface area contributed by atoms with Gasteiger partial charge in [0.25, 0.3) is 0 Å². The first-order chi connectivity index (χ1) is 14.3. The van der Waals surface area contributed by atoms with Crippen LogP contribution < -0.4 is 4.74 Å². The molecule has 0 aliphatic carbocycles. The van der Waals surface area contributed by atoms with Crippen LogP contribution in [-0.4, -0.2) is 20.6 Å². The minimum Gasteiger partial charge on any atom is -0.489 e. The van der Waals surface area contributed by atoms with Crippen LogP contribution in [0.2, 0.25) is 5.02 Å². The molecule has 0 N–H and O–H groups in total. The van der Waals surface area contributed by atoms with Gasteiger partial charge in [0, 0.05) is 34.8 Å². The van der Waals surface area contributed by atoms with Crippen molar-refractivity contribution in [2.75, 3.05) is 0 Å². The zero-order chi connectivity index (χ0) is 21.4. The van der Waals surface area contributed by atoms with Crippen molar-refractivity contribution < 1.29 is 4.74 Å². The molecule has 0 amide bonds. The number of halogens is 1. The van der Waals surface area contributed by atoms with Gasteiger partial charge in [0.05, 0.1) is 16.8 Å². The molecule has 1 aromatic carbocycles. The number of ether oxygens (including phenoxy) is 1. The molecule has 4 rings (SSSR count). The van der Waals surface area contributed by atoms with Crippen LogP contribution in [0, 0.1) is 19.8 Å². The molecule has 0 saturated heterocycles. The molecule has 0 bridgehead atoms. The molecule has 30 heavy (non-hydrogen) atoms. The molecule has 1 aliphatic heterocycles. The van der Waals surface area contributed by atoms with Crippen molar-refractivity contribution in [1.29, 1.82) is 0 Å². The molecule has 4 nitrogen and oxygen atoms in total. The van der Waals surface area contributed by atoms with Crippen LogP contribution in [-0.2, 0) is 13.0 Å². The molecule has 3 aromatic rings. The lowest BCUT2D eigenvalue weighted by Crippen LogP contribution is -2.09. The maximum Gasteiger partial charge on any atom is 0.140 e. The zero-order valence-corrected chi connectivity index (χ0v) is 19.3. The molecule has 158 valence electrons. The van der Waals surface area contributed by atoms with Crippen molar-refractivity contribution in [1.82, 2.24) is 14.5 Å². The molecule has 2 aromatic heterocycles. The number of imidazole rings is 1. The largest absolute Gasteiger partial charge is 0.489 e. The summed E-state index contributed by atoms with van der Waals surface area (Å²) in [5.41, 5.74) is 6.61. The van der Waals surface area contributed by atoms with Crippen molar-refractivity contribution in [2.24, 2.45) is 5.92 Å². The van der Waals surface area contributed by atoms with Gasteiger partial charge < -0.3 is 9.30 Å². The number of hydrogen-bond acceptors (Lipinski definition) is 3. The third-order valence-electron chi connectivity index (χ3n) is 5.58. The fourth-order valence-electron chi connectivity index (χ4n) is 4.37. The lowest BCUT2D eigenvalue weighted by atomic mass is 10.0. The van der Waals surface area contributed by atoms with E-state index in [2.05, 4.69) is 34.7 Å². The van der Waals surface area contributed by atoms with E-state index in [1.165, 1.54) is 18.5 Å². The summed E-state index contributed by atoms with van der Waals surface area (Å²) in [6, 6.07) is 10.3. The fraction of sp³-hybridized carbons (Fsp3) is 0.440. The first-order valence-corrected chi connectivity index (χ1v) is 11.2. The molecule has 1 aliphatic rings. The van der Waals surface area contributed by atoms with E-state index in [0.717, 1.165) is 47.0 Å². The Bertz CT molecular complexity index is 1050. The molecular formula is C25H30ClN3O. The van der Waals surface area contributed by atoms with E-state index in [1.807, 2.05) is 39.8 Å². The molecule has 0 fully saturated rings. The van der Waals surface area contributed by atoms with Gasteiger partial charge in [0.2, 0.25) is 0 Å². The van der Waals surface area contributed by atoms with Crippen molar-refractivity contribution in [3.8, 4) is 28.4 Å². The SMILES string of the molecule is Cc1cc(-c2nc(-c3ccc(OC(C)C)c(Cl)c3)n3c2CCCC(C)C3)cc(C)n1. The Kier molecular flexibility index (Phi) is 5.88. The summed E-state index contributed by atoms with van der Waals surface area (Å²) in [5.74, 6) is 2.32. The Labute approximate surface area is 184 Å². The van der Waals surface area contributed by atoms with Gasteiger partial charge in [-0.15, -0.1) is 0 Å². The maximum atomic E-state index is 6.56. The summed E-state index contributed by atoms with van der Waals surface area (Å²) >= 11 is 6.56. The van der Waals surface area contributed by atoms with Crippen molar-refractivity contribution >= 4 is 11.6 Å². The topological polar surface area (TPSA) is 39.9 Å². The normalized spacial score (nSPS) is 16.4. The van der Waals surface area contributed by atoms with E-state index < -0.39 is 0 Å². The van der Waals surface area contributed by atoms with Crippen LogP contribution in [0.3, 0.4) is 0 Å². The highest BCUT2D eigenvalue weighted by atomic mass is 35.5. The van der Waals surface area contributed by atoms with E-state index >= 15 is 0 Å². The van der Waals surface area contributed by atoms with E-state index in [0.29, 0.717) is 16.7 Å². The summed E-state index contributed by atoms with van der Waals surface area (Å²) in [6.45, 7) is 11.4. The van der Waals surface area contributed by atoms with E-state index in [1.54, 1.807) is 0 Å². The summed E-state index contributed by atoms with van der Waals surface area (Å²) in [6.07, 6.45) is 3.54. The second-order valence-electron chi connectivity index (χ2n) is 8.79. The van der Waals surface area contributed by atoms with Crippen molar-refractivity contribution in [3.63, 3.8) is 0 Å². The fourth-order valence-corrected chi connectivity index (χ4v) is 4.59. The summed E-state index contributed by atoms with van der Waals surface area (Å²) < 4.78 is 8.23. The standard InChI is InChI=1S/C25H30ClN3O/c1-15(2)30-23-10-9-19(13-21(23)26)25-28-24(20-11-17(4)27-18(5)12-20)22-8-6-7-16(3)14-29(22)25/h9-13,15-16H,6-8,14H2,1-5H3.